The molecule has 5 rings (SSSR count). The summed E-state index contributed by atoms with van der Waals surface area (Å²) in [5.74, 6) is -1.68. The molecule has 0 amide bonds. The maximum atomic E-state index is 15.2. The number of nitrogens with two attached hydrogens (primary N) is 1. The Kier molecular flexibility index (Phi) is 3.54. The summed E-state index contributed by atoms with van der Waals surface area (Å²) in [5.41, 5.74) is 5.70. The second-order valence-electron chi connectivity index (χ2n) is 8.02. The largest absolute Gasteiger partial charge is 0.487 e. The highest BCUT2D eigenvalue weighted by molar-refractivity contribution is 5.97. The fourth-order valence-electron chi connectivity index (χ4n) is 4.49. The van der Waals surface area contributed by atoms with Crippen molar-refractivity contribution in [1.29, 1.82) is 0 Å². The summed E-state index contributed by atoms with van der Waals surface area (Å²) in [5, 5.41) is 9.37. The minimum Gasteiger partial charge on any atom is -0.487 e. The van der Waals surface area contributed by atoms with Gasteiger partial charge < -0.3 is 29.8 Å². The second-order valence-corrected chi connectivity index (χ2v) is 8.02. The Morgan fingerprint density at radius 2 is 2.18 bits per heavy atom. The molecule has 8 nitrogen and oxygen atoms in total. The van der Waals surface area contributed by atoms with Gasteiger partial charge in [0.25, 0.3) is 0 Å². The van der Waals surface area contributed by atoms with E-state index in [0.29, 0.717) is 31.8 Å². The van der Waals surface area contributed by atoms with Crippen LogP contribution in [0, 0.1) is 11.2 Å². The highest BCUT2D eigenvalue weighted by atomic mass is 19.1. The standard InChI is InChI=1S/C19H20FN3O5/c1-9-5-28-17-14-10(16(24)11(18(25)26)3-23(9)14)2-12(20)15(17)22-4-13(21)19(6-22)7-27-8-19/h2-3,9,13H,4-8,21H2,1H3,(H,25,26)/t9-,13?/m0/s1. The van der Waals surface area contributed by atoms with E-state index in [4.69, 9.17) is 15.2 Å². The molecule has 148 valence electrons. The van der Waals surface area contributed by atoms with Gasteiger partial charge in [-0.1, -0.05) is 0 Å². The number of pyridine rings is 1. The van der Waals surface area contributed by atoms with E-state index in [9.17, 15) is 14.7 Å². The van der Waals surface area contributed by atoms with Crippen LogP contribution in [0.2, 0.25) is 0 Å². The van der Waals surface area contributed by atoms with Crippen LogP contribution in [0.3, 0.4) is 0 Å². The number of carbonyl (C=O) groups is 1. The molecule has 0 aliphatic carbocycles. The SMILES string of the molecule is C[C@H]1COc2c(N3CC(N)C4(COC4)C3)c(F)cc3c(=O)c(C(=O)O)cn1c23. The third-order valence-electron chi connectivity index (χ3n) is 6.18. The molecule has 1 aromatic heterocycles. The third kappa shape index (κ3) is 2.17. The molecule has 2 saturated heterocycles. The van der Waals surface area contributed by atoms with Gasteiger partial charge in [-0.3, -0.25) is 4.79 Å². The van der Waals surface area contributed by atoms with Gasteiger partial charge in [0.05, 0.1) is 35.6 Å². The lowest BCUT2D eigenvalue weighted by Gasteiger charge is -2.40. The van der Waals surface area contributed by atoms with Gasteiger partial charge in [0, 0.05) is 25.3 Å². The molecule has 9 heteroatoms. The lowest BCUT2D eigenvalue weighted by atomic mass is 9.82. The first-order valence-corrected chi connectivity index (χ1v) is 9.18. The molecule has 4 heterocycles. The van der Waals surface area contributed by atoms with E-state index in [1.54, 1.807) is 4.57 Å². The molecule has 28 heavy (non-hydrogen) atoms. The van der Waals surface area contributed by atoms with Gasteiger partial charge in [0.2, 0.25) is 5.43 Å². The predicted molar refractivity (Wildman–Crippen MR) is 98.8 cm³/mol. The monoisotopic (exact) mass is 389 g/mol. The van der Waals surface area contributed by atoms with E-state index in [-0.39, 0.29) is 46.5 Å². The highest BCUT2D eigenvalue weighted by Gasteiger charge is 2.51. The Balaban J connectivity index is 1.75. The van der Waals surface area contributed by atoms with Crippen molar-refractivity contribution >= 4 is 22.6 Å². The summed E-state index contributed by atoms with van der Waals surface area (Å²) < 4.78 is 28.1. The number of aromatic nitrogens is 1. The lowest BCUT2D eigenvalue weighted by Crippen LogP contribution is -2.54. The molecule has 3 N–H and O–H groups in total. The lowest BCUT2D eigenvalue weighted by molar-refractivity contribution is -0.106. The van der Waals surface area contributed by atoms with Gasteiger partial charge in [0.15, 0.2) is 11.6 Å². The van der Waals surface area contributed by atoms with Crippen LogP contribution in [0.25, 0.3) is 10.9 Å². The Bertz CT molecular complexity index is 1080. The fourth-order valence-corrected chi connectivity index (χ4v) is 4.49. The Labute approximate surface area is 159 Å². The number of hydrogen-bond acceptors (Lipinski definition) is 6. The van der Waals surface area contributed by atoms with Gasteiger partial charge in [-0.2, -0.15) is 0 Å². The van der Waals surface area contributed by atoms with E-state index in [0.717, 1.165) is 6.07 Å². The summed E-state index contributed by atoms with van der Waals surface area (Å²) in [4.78, 5) is 26.0. The smallest absolute Gasteiger partial charge is 0.341 e. The Hall–Kier alpha value is -2.65. The minimum atomic E-state index is -1.34. The van der Waals surface area contributed by atoms with Crippen molar-refractivity contribution in [2.45, 2.75) is 19.0 Å². The number of benzene rings is 1. The van der Waals surface area contributed by atoms with Crippen molar-refractivity contribution in [3.8, 4) is 5.75 Å². The number of ether oxygens (including phenoxy) is 2. The van der Waals surface area contributed by atoms with Crippen molar-refractivity contribution in [3.05, 3.63) is 33.9 Å². The van der Waals surface area contributed by atoms with Gasteiger partial charge in [-0.15, -0.1) is 0 Å². The molecule has 2 aromatic rings. The first-order valence-electron chi connectivity index (χ1n) is 9.18. The van der Waals surface area contributed by atoms with E-state index in [2.05, 4.69) is 0 Å². The van der Waals surface area contributed by atoms with Gasteiger partial charge >= 0.3 is 5.97 Å². The van der Waals surface area contributed by atoms with Crippen molar-refractivity contribution in [2.24, 2.45) is 11.1 Å². The van der Waals surface area contributed by atoms with E-state index < -0.39 is 17.2 Å². The highest BCUT2D eigenvalue weighted by Crippen LogP contribution is 2.46. The van der Waals surface area contributed by atoms with Gasteiger partial charge in [-0.05, 0) is 13.0 Å². The van der Waals surface area contributed by atoms with Crippen molar-refractivity contribution < 1.29 is 23.8 Å². The van der Waals surface area contributed by atoms with Crippen LogP contribution in [0.4, 0.5) is 10.1 Å². The summed E-state index contributed by atoms with van der Waals surface area (Å²) in [6.45, 7) is 4.18. The van der Waals surface area contributed by atoms with Crippen LogP contribution in [-0.4, -0.2) is 54.6 Å². The molecule has 2 atom stereocenters. The molecular formula is C19H20FN3O5. The van der Waals surface area contributed by atoms with Gasteiger partial charge in [-0.25, -0.2) is 9.18 Å². The summed E-state index contributed by atoms with van der Waals surface area (Å²) in [7, 11) is 0. The normalized spacial score (nSPS) is 25.0. The average molecular weight is 389 g/mol. The summed E-state index contributed by atoms with van der Waals surface area (Å²) in [6.07, 6.45) is 1.32. The molecule has 1 unspecified atom stereocenters. The first-order chi connectivity index (χ1) is 13.3. The first kappa shape index (κ1) is 17.4. The number of carboxylic acids is 1. The molecule has 0 radical (unpaired) electrons. The maximum Gasteiger partial charge on any atom is 0.341 e. The second kappa shape index (κ2) is 5.68. The van der Waals surface area contributed by atoms with Crippen molar-refractivity contribution in [1.82, 2.24) is 4.57 Å². The number of carboxylic acid groups (broad SMARTS) is 1. The van der Waals surface area contributed by atoms with Gasteiger partial charge in [0.1, 0.15) is 17.9 Å². The van der Waals surface area contributed by atoms with Crippen molar-refractivity contribution in [2.75, 3.05) is 37.8 Å². The third-order valence-corrected chi connectivity index (χ3v) is 6.18. The molecular weight excluding hydrogens is 369 g/mol. The van der Waals surface area contributed by atoms with E-state index >= 15 is 4.39 Å². The van der Waals surface area contributed by atoms with Crippen LogP contribution in [-0.2, 0) is 4.74 Å². The topological polar surface area (TPSA) is 107 Å². The quantitative estimate of drug-likeness (QED) is 0.788. The molecule has 0 saturated carbocycles. The molecule has 1 spiro atoms. The van der Waals surface area contributed by atoms with Crippen LogP contribution in [0.15, 0.2) is 17.1 Å². The number of halogens is 1. The molecule has 3 aliphatic heterocycles. The molecule has 3 aliphatic rings. The number of aromatic carboxylic acids is 1. The maximum absolute atomic E-state index is 15.2. The van der Waals surface area contributed by atoms with Crippen LogP contribution in [0.1, 0.15) is 23.3 Å². The van der Waals surface area contributed by atoms with Crippen LogP contribution in [0.5, 0.6) is 5.75 Å². The summed E-state index contributed by atoms with van der Waals surface area (Å²) in [6, 6.07) is 0.774. The molecule has 2 fully saturated rings. The Morgan fingerprint density at radius 1 is 1.43 bits per heavy atom. The minimum absolute atomic E-state index is 0.00730. The number of hydrogen-bond donors (Lipinski definition) is 2. The number of rotatable bonds is 2. The number of nitrogens with zero attached hydrogens (tertiary/aromatic N) is 2. The fraction of sp³-hybridized carbons (Fsp3) is 0.474. The zero-order chi connectivity index (χ0) is 19.8. The van der Waals surface area contributed by atoms with E-state index in [1.807, 2.05) is 11.8 Å². The van der Waals surface area contributed by atoms with Crippen molar-refractivity contribution in [3.63, 3.8) is 0 Å². The zero-order valence-electron chi connectivity index (χ0n) is 15.3. The Morgan fingerprint density at radius 3 is 2.79 bits per heavy atom. The summed E-state index contributed by atoms with van der Waals surface area (Å²) >= 11 is 0. The zero-order valence-corrected chi connectivity index (χ0v) is 15.3. The molecule has 1 aromatic carbocycles. The van der Waals surface area contributed by atoms with E-state index in [1.165, 1.54) is 6.20 Å². The predicted octanol–water partition coefficient (Wildman–Crippen LogP) is 0.956. The van der Waals surface area contributed by atoms with Crippen LogP contribution < -0.4 is 20.8 Å². The number of anilines is 1. The van der Waals surface area contributed by atoms with Crippen LogP contribution >= 0.6 is 0 Å². The average Bonchev–Trinajstić information content (AvgIpc) is 2.96. The molecule has 0 bridgehead atoms.